The minimum absolute atomic E-state index is 0.0801. The number of unbranched alkanes of at least 4 members (excludes halogenated alkanes) is 3. The van der Waals surface area contributed by atoms with Crippen molar-refractivity contribution in [2.24, 2.45) is 10.9 Å². The number of rotatable bonds is 8. The predicted octanol–water partition coefficient (Wildman–Crippen LogP) is 2.37. The van der Waals surface area contributed by atoms with Crippen LogP contribution in [0.5, 0.6) is 0 Å². The Labute approximate surface area is 119 Å². The van der Waals surface area contributed by atoms with E-state index >= 15 is 0 Å². The van der Waals surface area contributed by atoms with E-state index in [1.165, 1.54) is 12.8 Å². The van der Waals surface area contributed by atoms with E-state index < -0.39 is 0 Å². The number of hydrogen-bond donors (Lipinski definition) is 3. The van der Waals surface area contributed by atoms with Crippen LogP contribution in [0.25, 0.3) is 0 Å². The molecule has 5 heteroatoms. The molecule has 0 saturated heterocycles. The molecule has 20 heavy (non-hydrogen) atoms. The summed E-state index contributed by atoms with van der Waals surface area (Å²) in [5, 5.41) is 14.4. The third-order valence-corrected chi connectivity index (χ3v) is 3.10. The maximum absolute atomic E-state index is 11.6. The van der Waals surface area contributed by atoms with Gasteiger partial charge in [0.1, 0.15) is 0 Å². The maximum Gasteiger partial charge on any atom is 0.220 e. The van der Waals surface area contributed by atoms with Crippen LogP contribution in [0.1, 0.15) is 50.2 Å². The van der Waals surface area contributed by atoms with Gasteiger partial charge >= 0.3 is 0 Å². The summed E-state index contributed by atoms with van der Waals surface area (Å²) in [7, 11) is 0. The van der Waals surface area contributed by atoms with Crippen LogP contribution in [0.2, 0.25) is 0 Å². The van der Waals surface area contributed by atoms with Crippen LogP contribution >= 0.6 is 0 Å². The lowest BCUT2D eigenvalue weighted by Gasteiger charge is -2.06. The van der Waals surface area contributed by atoms with E-state index in [9.17, 15) is 4.79 Å². The Morgan fingerprint density at radius 3 is 2.55 bits per heavy atom. The molecule has 4 N–H and O–H groups in total. The summed E-state index contributed by atoms with van der Waals surface area (Å²) in [5.74, 6) is 0.165. The lowest BCUT2D eigenvalue weighted by atomic mass is 10.1. The highest BCUT2D eigenvalue weighted by Crippen LogP contribution is 2.05. The number of nitrogens with zero attached hydrogens (tertiary/aromatic N) is 1. The number of hydrogen-bond acceptors (Lipinski definition) is 3. The average Bonchev–Trinajstić information content (AvgIpc) is 2.49. The van der Waals surface area contributed by atoms with Crippen molar-refractivity contribution in [2.75, 3.05) is 0 Å². The highest BCUT2D eigenvalue weighted by atomic mass is 16.4. The number of carbonyl (C=O) groups excluding carboxylic acids is 1. The number of nitrogens with one attached hydrogen (secondary N) is 1. The second kappa shape index (κ2) is 8.96. The second-order valence-electron chi connectivity index (χ2n) is 4.77. The van der Waals surface area contributed by atoms with E-state index in [2.05, 4.69) is 17.4 Å². The smallest absolute Gasteiger partial charge is 0.220 e. The SMILES string of the molecule is CCCCCCC(=O)NCc1ccc(/C(N)=N/O)cc1. The molecule has 1 aromatic carbocycles. The normalized spacial score (nSPS) is 11.3. The fourth-order valence-corrected chi connectivity index (χ4v) is 1.85. The topological polar surface area (TPSA) is 87.7 Å². The lowest BCUT2D eigenvalue weighted by molar-refractivity contribution is -0.121. The first-order valence-electron chi connectivity index (χ1n) is 7.01. The Morgan fingerprint density at radius 1 is 1.25 bits per heavy atom. The number of amides is 1. The van der Waals surface area contributed by atoms with Crippen LogP contribution in [-0.4, -0.2) is 17.0 Å². The largest absolute Gasteiger partial charge is 0.409 e. The van der Waals surface area contributed by atoms with E-state index in [0.29, 0.717) is 18.5 Å². The van der Waals surface area contributed by atoms with E-state index in [1.807, 2.05) is 12.1 Å². The summed E-state index contributed by atoms with van der Waals surface area (Å²) < 4.78 is 0. The Hall–Kier alpha value is -2.04. The van der Waals surface area contributed by atoms with Crippen LogP contribution in [0.3, 0.4) is 0 Å². The summed E-state index contributed by atoms with van der Waals surface area (Å²) >= 11 is 0. The first-order valence-corrected chi connectivity index (χ1v) is 7.01. The Balaban J connectivity index is 2.33. The van der Waals surface area contributed by atoms with Gasteiger partial charge in [-0.25, -0.2) is 0 Å². The number of amidine groups is 1. The van der Waals surface area contributed by atoms with Crippen molar-refractivity contribution in [1.29, 1.82) is 0 Å². The highest BCUT2D eigenvalue weighted by Gasteiger charge is 2.02. The summed E-state index contributed by atoms with van der Waals surface area (Å²) in [6.07, 6.45) is 5.00. The fourth-order valence-electron chi connectivity index (χ4n) is 1.85. The zero-order chi connectivity index (χ0) is 14.8. The summed E-state index contributed by atoms with van der Waals surface area (Å²) in [4.78, 5) is 11.6. The Kier molecular flexibility index (Phi) is 7.17. The van der Waals surface area contributed by atoms with E-state index in [-0.39, 0.29) is 11.7 Å². The molecule has 0 aromatic heterocycles. The molecule has 5 nitrogen and oxygen atoms in total. The molecule has 0 fully saturated rings. The molecule has 0 aliphatic rings. The van der Waals surface area contributed by atoms with Crippen LogP contribution in [0.4, 0.5) is 0 Å². The molecule has 110 valence electrons. The van der Waals surface area contributed by atoms with Crippen molar-refractivity contribution >= 4 is 11.7 Å². The van der Waals surface area contributed by atoms with Crippen molar-refractivity contribution in [1.82, 2.24) is 5.32 Å². The summed E-state index contributed by atoms with van der Waals surface area (Å²) in [6, 6.07) is 7.23. The third kappa shape index (κ3) is 5.73. The Bertz CT molecular complexity index is 441. The van der Waals surface area contributed by atoms with Crippen LogP contribution in [-0.2, 0) is 11.3 Å². The summed E-state index contributed by atoms with van der Waals surface area (Å²) in [6.45, 7) is 2.65. The van der Waals surface area contributed by atoms with Gasteiger partial charge in [-0.05, 0) is 12.0 Å². The molecule has 0 spiro atoms. The van der Waals surface area contributed by atoms with Gasteiger partial charge in [0.15, 0.2) is 5.84 Å². The van der Waals surface area contributed by atoms with Gasteiger partial charge < -0.3 is 16.3 Å². The standard InChI is InChI=1S/C15H23N3O2/c1-2-3-4-5-6-14(19)17-11-12-7-9-13(10-8-12)15(16)18-20/h7-10,20H,2-6,11H2,1H3,(H2,16,18)(H,17,19). The maximum atomic E-state index is 11.6. The molecule has 0 radical (unpaired) electrons. The molecule has 1 rings (SSSR count). The van der Waals surface area contributed by atoms with Gasteiger partial charge in [0.2, 0.25) is 5.91 Å². The molecule has 0 aliphatic carbocycles. The van der Waals surface area contributed by atoms with Crippen molar-refractivity contribution in [3.05, 3.63) is 35.4 Å². The Morgan fingerprint density at radius 2 is 1.95 bits per heavy atom. The average molecular weight is 277 g/mol. The number of benzene rings is 1. The molecule has 0 bridgehead atoms. The van der Waals surface area contributed by atoms with Crippen molar-refractivity contribution < 1.29 is 10.0 Å². The highest BCUT2D eigenvalue weighted by molar-refractivity contribution is 5.96. The molecule has 0 heterocycles. The van der Waals surface area contributed by atoms with Gasteiger partial charge in [0.05, 0.1) is 0 Å². The van der Waals surface area contributed by atoms with E-state index in [1.54, 1.807) is 12.1 Å². The minimum atomic E-state index is 0.0801. The summed E-state index contributed by atoms with van der Waals surface area (Å²) in [5.41, 5.74) is 7.12. The van der Waals surface area contributed by atoms with E-state index in [0.717, 1.165) is 18.4 Å². The van der Waals surface area contributed by atoms with Gasteiger partial charge in [-0.2, -0.15) is 0 Å². The first kappa shape index (κ1) is 16.0. The van der Waals surface area contributed by atoms with Gasteiger partial charge in [-0.1, -0.05) is 55.6 Å². The molecular weight excluding hydrogens is 254 g/mol. The lowest BCUT2D eigenvalue weighted by Crippen LogP contribution is -2.22. The third-order valence-electron chi connectivity index (χ3n) is 3.10. The van der Waals surface area contributed by atoms with Crippen molar-refractivity contribution in [2.45, 2.75) is 45.6 Å². The van der Waals surface area contributed by atoms with Gasteiger partial charge in [0.25, 0.3) is 0 Å². The molecule has 0 aliphatic heterocycles. The quantitative estimate of drug-likeness (QED) is 0.224. The van der Waals surface area contributed by atoms with Gasteiger partial charge in [-0.15, -0.1) is 0 Å². The first-order chi connectivity index (χ1) is 9.67. The molecule has 0 unspecified atom stereocenters. The molecule has 1 amide bonds. The van der Waals surface area contributed by atoms with Gasteiger partial charge in [-0.3, -0.25) is 4.79 Å². The molecule has 1 aromatic rings. The van der Waals surface area contributed by atoms with Crippen LogP contribution in [0.15, 0.2) is 29.4 Å². The second-order valence-corrected chi connectivity index (χ2v) is 4.77. The zero-order valence-corrected chi connectivity index (χ0v) is 11.9. The molecular formula is C15H23N3O2. The predicted molar refractivity (Wildman–Crippen MR) is 79.6 cm³/mol. The number of oxime groups is 1. The minimum Gasteiger partial charge on any atom is -0.409 e. The van der Waals surface area contributed by atoms with Crippen LogP contribution in [0, 0.1) is 0 Å². The monoisotopic (exact) mass is 277 g/mol. The van der Waals surface area contributed by atoms with Crippen molar-refractivity contribution in [3.63, 3.8) is 0 Å². The zero-order valence-electron chi connectivity index (χ0n) is 11.9. The van der Waals surface area contributed by atoms with E-state index in [4.69, 9.17) is 10.9 Å². The number of carbonyl (C=O) groups is 1. The molecule has 0 saturated carbocycles. The van der Waals surface area contributed by atoms with Crippen molar-refractivity contribution in [3.8, 4) is 0 Å². The van der Waals surface area contributed by atoms with Crippen LogP contribution < -0.4 is 11.1 Å². The fraction of sp³-hybridized carbons (Fsp3) is 0.467. The number of nitrogens with two attached hydrogens (primary N) is 1. The molecule has 0 atom stereocenters. The van der Waals surface area contributed by atoms with Gasteiger partial charge in [0, 0.05) is 18.5 Å².